The average molecular weight is 212 g/mol. The molecule has 1 aliphatic rings. The Morgan fingerprint density at radius 3 is 1.15 bits per heavy atom. The molecule has 0 amide bonds. The molecule has 0 atom stereocenters. The minimum atomic E-state index is -3.13. The van der Waals surface area contributed by atoms with Crippen molar-refractivity contribution in [1.29, 1.82) is 0 Å². The molecule has 1 rings (SSSR count). The molecule has 0 spiro atoms. The van der Waals surface area contributed by atoms with Crippen molar-refractivity contribution in [2.75, 3.05) is 13.1 Å². The van der Waals surface area contributed by atoms with Crippen molar-refractivity contribution in [1.82, 2.24) is 0 Å². The Balaban J connectivity index is 0. The largest absolute Gasteiger partial charge is 0.329 e. The van der Waals surface area contributed by atoms with Crippen molar-refractivity contribution < 1.29 is 14.4 Å². The molecular formula is C7H21N2O3P. The highest BCUT2D eigenvalue weighted by atomic mass is 31.1. The summed E-state index contributed by atoms with van der Waals surface area (Å²) >= 11 is 0. The quantitative estimate of drug-likeness (QED) is 0.465. The van der Waals surface area contributed by atoms with Gasteiger partial charge in [0.1, 0.15) is 0 Å². The highest BCUT2D eigenvalue weighted by Crippen LogP contribution is 2.15. The minimum absolute atomic E-state index is 0.597. The van der Waals surface area contributed by atoms with E-state index in [0.29, 0.717) is 13.1 Å². The fourth-order valence-electron chi connectivity index (χ4n) is 0.884. The van der Waals surface area contributed by atoms with Crippen LogP contribution in [0.4, 0.5) is 0 Å². The van der Waals surface area contributed by atoms with Gasteiger partial charge in [-0.05, 0) is 0 Å². The van der Waals surface area contributed by atoms with E-state index in [1.165, 1.54) is 32.1 Å². The lowest BCUT2D eigenvalue weighted by molar-refractivity contribution is 0.405. The average Bonchev–Trinajstić information content (AvgIpc) is 2.59. The van der Waals surface area contributed by atoms with E-state index in [9.17, 15) is 0 Å². The molecule has 5 nitrogen and oxygen atoms in total. The van der Waals surface area contributed by atoms with Gasteiger partial charge in [-0.1, -0.05) is 32.1 Å². The third kappa shape index (κ3) is 33.2. The van der Waals surface area contributed by atoms with E-state index in [0.717, 1.165) is 0 Å². The molecule has 1 aliphatic carbocycles. The van der Waals surface area contributed by atoms with Crippen LogP contribution in [0.2, 0.25) is 0 Å². The van der Waals surface area contributed by atoms with Gasteiger partial charge < -0.3 is 21.3 Å². The van der Waals surface area contributed by atoms with Gasteiger partial charge >= 0.3 is 8.25 Å². The molecule has 6 heteroatoms. The van der Waals surface area contributed by atoms with Crippen molar-refractivity contribution in [2.24, 2.45) is 11.5 Å². The Kier molecular flexibility index (Phi) is 17.4. The normalized spacial score (nSPS) is 14.2. The van der Waals surface area contributed by atoms with Gasteiger partial charge in [-0.15, -0.1) is 0 Å². The van der Waals surface area contributed by atoms with E-state index < -0.39 is 8.25 Å². The third-order valence-corrected chi connectivity index (χ3v) is 1.42. The Hall–Kier alpha value is 0.0700. The Morgan fingerprint density at radius 2 is 1.08 bits per heavy atom. The van der Waals surface area contributed by atoms with E-state index in [-0.39, 0.29) is 0 Å². The van der Waals surface area contributed by atoms with Gasteiger partial charge in [0.25, 0.3) is 0 Å². The van der Waals surface area contributed by atoms with Gasteiger partial charge in [-0.3, -0.25) is 4.57 Å². The summed E-state index contributed by atoms with van der Waals surface area (Å²) in [6.45, 7) is 1.19. The molecule has 0 aliphatic heterocycles. The molecule has 0 aromatic rings. The van der Waals surface area contributed by atoms with Crippen LogP contribution in [0.1, 0.15) is 32.1 Å². The van der Waals surface area contributed by atoms with Crippen LogP contribution >= 0.6 is 8.25 Å². The second-order valence-corrected chi connectivity index (χ2v) is 3.19. The van der Waals surface area contributed by atoms with Crippen LogP contribution in [0, 0.1) is 0 Å². The number of hydrogen-bond acceptors (Lipinski definition) is 3. The SMILES string of the molecule is C1CCCC1.NCCN.O=[PH](O)O. The molecule has 0 bridgehead atoms. The fourth-order valence-corrected chi connectivity index (χ4v) is 0.884. The predicted molar refractivity (Wildman–Crippen MR) is 54.6 cm³/mol. The topological polar surface area (TPSA) is 110 Å². The summed E-state index contributed by atoms with van der Waals surface area (Å²) in [6.07, 6.45) is 7.50. The van der Waals surface area contributed by atoms with Gasteiger partial charge in [0.15, 0.2) is 0 Å². The monoisotopic (exact) mass is 212 g/mol. The smallest absolute Gasteiger partial charge is 0.314 e. The van der Waals surface area contributed by atoms with Crippen LogP contribution in [-0.2, 0) is 4.57 Å². The molecule has 0 heterocycles. The van der Waals surface area contributed by atoms with Crippen molar-refractivity contribution in [3.8, 4) is 0 Å². The van der Waals surface area contributed by atoms with Crippen LogP contribution in [0.15, 0.2) is 0 Å². The maximum absolute atomic E-state index is 8.74. The molecule has 0 saturated heterocycles. The maximum atomic E-state index is 8.74. The lowest BCUT2D eigenvalue weighted by Gasteiger charge is -1.72. The second kappa shape index (κ2) is 14.6. The zero-order valence-electron chi connectivity index (χ0n) is 7.91. The summed E-state index contributed by atoms with van der Waals surface area (Å²) < 4.78 is 8.74. The highest BCUT2D eigenvalue weighted by Gasteiger charge is 1.95. The maximum Gasteiger partial charge on any atom is 0.314 e. The summed E-state index contributed by atoms with van der Waals surface area (Å²) in [5, 5.41) is 0. The predicted octanol–water partition coefficient (Wildman–Crippen LogP) is 0.215. The summed E-state index contributed by atoms with van der Waals surface area (Å²) in [5.41, 5.74) is 9.81. The summed E-state index contributed by atoms with van der Waals surface area (Å²) in [4.78, 5) is 14.3. The first-order valence-corrected chi connectivity index (χ1v) is 5.77. The molecule has 82 valence electrons. The van der Waals surface area contributed by atoms with E-state index >= 15 is 0 Å². The van der Waals surface area contributed by atoms with E-state index in [2.05, 4.69) is 0 Å². The molecule has 0 aromatic heterocycles. The van der Waals surface area contributed by atoms with E-state index in [4.69, 9.17) is 25.8 Å². The van der Waals surface area contributed by atoms with Gasteiger partial charge in [0, 0.05) is 13.1 Å². The first kappa shape index (κ1) is 15.5. The summed E-state index contributed by atoms with van der Waals surface area (Å²) in [7, 11) is -3.13. The second-order valence-electron chi connectivity index (χ2n) is 2.63. The lowest BCUT2D eigenvalue weighted by atomic mass is 10.4. The fraction of sp³-hybridized carbons (Fsp3) is 1.00. The molecule has 0 unspecified atom stereocenters. The van der Waals surface area contributed by atoms with Gasteiger partial charge in [0.2, 0.25) is 0 Å². The van der Waals surface area contributed by atoms with E-state index in [1.54, 1.807) is 0 Å². The highest BCUT2D eigenvalue weighted by molar-refractivity contribution is 7.30. The van der Waals surface area contributed by atoms with Crippen LogP contribution in [-0.4, -0.2) is 22.9 Å². The molecular weight excluding hydrogens is 191 g/mol. The zero-order valence-corrected chi connectivity index (χ0v) is 8.91. The van der Waals surface area contributed by atoms with Crippen LogP contribution in [0.5, 0.6) is 0 Å². The number of nitrogens with two attached hydrogens (primary N) is 2. The minimum Gasteiger partial charge on any atom is -0.329 e. The third-order valence-electron chi connectivity index (χ3n) is 1.42. The Labute approximate surface area is 80.1 Å². The van der Waals surface area contributed by atoms with Crippen LogP contribution < -0.4 is 11.5 Å². The Bertz CT molecular complexity index is 96.3. The molecule has 13 heavy (non-hydrogen) atoms. The zero-order chi connectivity index (χ0) is 10.5. The first-order chi connectivity index (χ1) is 6.15. The van der Waals surface area contributed by atoms with Gasteiger partial charge in [-0.25, -0.2) is 0 Å². The van der Waals surface area contributed by atoms with Crippen molar-refractivity contribution in [2.45, 2.75) is 32.1 Å². The van der Waals surface area contributed by atoms with E-state index in [1.807, 2.05) is 0 Å². The van der Waals surface area contributed by atoms with Crippen molar-refractivity contribution in [3.63, 3.8) is 0 Å². The van der Waals surface area contributed by atoms with Crippen LogP contribution in [0.25, 0.3) is 0 Å². The molecule has 1 saturated carbocycles. The Morgan fingerprint density at radius 1 is 0.923 bits per heavy atom. The van der Waals surface area contributed by atoms with Crippen molar-refractivity contribution >= 4 is 8.25 Å². The number of rotatable bonds is 1. The molecule has 0 radical (unpaired) electrons. The molecule has 6 N–H and O–H groups in total. The van der Waals surface area contributed by atoms with Crippen molar-refractivity contribution in [3.05, 3.63) is 0 Å². The summed E-state index contributed by atoms with van der Waals surface area (Å²) in [6, 6.07) is 0. The molecule has 1 fully saturated rings. The van der Waals surface area contributed by atoms with Gasteiger partial charge in [-0.2, -0.15) is 0 Å². The lowest BCUT2D eigenvalue weighted by Crippen LogP contribution is -2.11. The van der Waals surface area contributed by atoms with Gasteiger partial charge in [0.05, 0.1) is 0 Å². The standard InChI is InChI=1S/C5H10.C2H8N2.H3O3P/c1-2-4-5-3-1;3-1-2-4;1-4(2)3/h1-5H2;1-4H2;4H,(H2,1,2,3). The molecule has 0 aromatic carbocycles. The number of hydrogen-bond donors (Lipinski definition) is 4. The van der Waals surface area contributed by atoms with Crippen LogP contribution in [0.3, 0.4) is 0 Å². The summed E-state index contributed by atoms with van der Waals surface area (Å²) in [5.74, 6) is 0. The first-order valence-electron chi connectivity index (χ1n) is 4.47.